The van der Waals surface area contributed by atoms with Crippen LogP contribution < -0.4 is 4.74 Å². The molecule has 0 radical (unpaired) electrons. The lowest BCUT2D eigenvalue weighted by Crippen LogP contribution is -2.33. The molecule has 2 rings (SSSR count). The Hall–Kier alpha value is -1.88. The molecule has 1 aliphatic rings. The lowest BCUT2D eigenvalue weighted by Gasteiger charge is -2.20. The van der Waals surface area contributed by atoms with E-state index in [0.29, 0.717) is 32.5 Å². The van der Waals surface area contributed by atoms with Crippen LogP contribution in [-0.2, 0) is 31.9 Å². The van der Waals surface area contributed by atoms with Crippen molar-refractivity contribution in [2.45, 2.75) is 32.6 Å². The van der Waals surface area contributed by atoms with Gasteiger partial charge < -0.3 is 14.2 Å². The standard InChI is InChI=1S/C18H24O5/c1-3-13-4-7-17(22-11-10-21-2)14(12-13)5-6-15-16(19)8-9-23-18(15)20/h4,7,12,15H,3,5-6,8-11H2,1-2H3. The third-order valence-electron chi connectivity index (χ3n) is 4.05. The number of aryl methyl sites for hydroxylation is 2. The minimum atomic E-state index is -0.638. The van der Waals surface area contributed by atoms with Crippen molar-refractivity contribution in [2.75, 3.05) is 26.9 Å². The van der Waals surface area contributed by atoms with Gasteiger partial charge in [0, 0.05) is 13.5 Å². The van der Waals surface area contributed by atoms with Gasteiger partial charge in [-0.15, -0.1) is 0 Å². The summed E-state index contributed by atoms with van der Waals surface area (Å²) in [5, 5.41) is 0. The molecule has 1 saturated heterocycles. The maximum absolute atomic E-state index is 11.9. The molecule has 0 aromatic heterocycles. The van der Waals surface area contributed by atoms with E-state index in [0.717, 1.165) is 17.7 Å². The summed E-state index contributed by atoms with van der Waals surface area (Å²) in [6.45, 7) is 3.29. The Labute approximate surface area is 136 Å². The quantitative estimate of drug-likeness (QED) is 0.418. The third-order valence-corrected chi connectivity index (χ3v) is 4.05. The number of rotatable bonds is 8. The summed E-state index contributed by atoms with van der Waals surface area (Å²) in [6, 6.07) is 6.07. The van der Waals surface area contributed by atoms with E-state index < -0.39 is 11.9 Å². The summed E-state index contributed by atoms with van der Waals surface area (Å²) >= 11 is 0. The van der Waals surface area contributed by atoms with E-state index in [9.17, 15) is 9.59 Å². The number of ketones is 1. The van der Waals surface area contributed by atoms with Gasteiger partial charge in [-0.3, -0.25) is 9.59 Å². The predicted octanol–water partition coefficient (Wildman–Crippen LogP) is 2.34. The first-order valence-electron chi connectivity index (χ1n) is 8.08. The second-order valence-electron chi connectivity index (χ2n) is 5.61. The Morgan fingerprint density at radius 2 is 2.09 bits per heavy atom. The SMILES string of the molecule is CCc1ccc(OCCOC)c(CCC2C(=O)CCOC2=O)c1. The van der Waals surface area contributed by atoms with Gasteiger partial charge in [0.05, 0.1) is 13.2 Å². The molecule has 1 aliphatic heterocycles. The number of carbonyl (C=O) groups excluding carboxylic acids is 2. The highest BCUT2D eigenvalue weighted by atomic mass is 16.5. The summed E-state index contributed by atoms with van der Waals surface area (Å²) in [4.78, 5) is 23.7. The van der Waals surface area contributed by atoms with Crippen molar-refractivity contribution < 1.29 is 23.8 Å². The molecule has 0 N–H and O–H groups in total. The third kappa shape index (κ3) is 4.79. The molecule has 126 valence electrons. The number of esters is 1. The van der Waals surface area contributed by atoms with Crippen LogP contribution in [-0.4, -0.2) is 38.7 Å². The highest BCUT2D eigenvalue weighted by Crippen LogP contribution is 2.25. The van der Waals surface area contributed by atoms with Gasteiger partial charge in [-0.1, -0.05) is 19.1 Å². The minimum absolute atomic E-state index is 0.0188. The van der Waals surface area contributed by atoms with Crippen molar-refractivity contribution in [2.24, 2.45) is 5.92 Å². The highest BCUT2D eigenvalue weighted by Gasteiger charge is 2.31. The van der Waals surface area contributed by atoms with Gasteiger partial charge in [-0.2, -0.15) is 0 Å². The van der Waals surface area contributed by atoms with Crippen molar-refractivity contribution in [1.82, 2.24) is 0 Å². The number of benzene rings is 1. The molecule has 0 amide bonds. The molecule has 1 aromatic rings. The van der Waals surface area contributed by atoms with Gasteiger partial charge in [-0.05, 0) is 36.5 Å². The zero-order valence-corrected chi connectivity index (χ0v) is 13.8. The molecule has 0 bridgehead atoms. The Kier molecular flexibility index (Phi) is 6.59. The highest BCUT2D eigenvalue weighted by molar-refractivity contribution is 6.00. The molecule has 0 spiro atoms. The van der Waals surface area contributed by atoms with Crippen molar-refractivity contribution in [1.29, 1.82) is 0 Å². The van der Waals surface area contributed by atoms with Crippen LogP contribution in [0.3, 0.4) is 0 Å². The van der Waals surface area contributed by atoms with E-state index in [1.807, 2.05) is 12.1 Å². The number of cyclic esters (lactones) is 1. The Bertz CT molecular complexity index is 536. The van der Waals surface area contributed by atoms with Crippen LogP contribution in [0.5, 0.6) is 5.75 Å². The second-order valence-corrected chi connectivity index (χ2v) is 5.61. The minimum Gasteiger partial charge on any atom is -0.491 e. The van der Waals surface area contributed by atoms with Crippen LogP contribution >= 0.6 is 0 Å². The largest absolute Gasteiger partial charge is 0.491 e. The molecule has 0 aliphatic carbocycles. The molecule has 23 heavy (non-hydrogen) atoms. The van der Waals surface area contributed by atoms with Crippen LogP contribution in [0.1, 0.15) is 30.9 Å². The first-order chi connectivity index (χ1) is 11.2. The van der Waals surface area contributed by atoms with Gasteiger partial charge in [0.15, 0.2) is 5.78 Å². The number of Topliss-reactive ketones (excluding diaryl/α,β-unsaturated/α-hetero) is 1. The number of hydrogen-bond acceptors (Lipinski definition) is 5. The number of ether oxygens (including phenoxy) is 3. The van der Waals surface area contributed by atoms with Crippen LogP contribution in [0.25, 0.3) is 0 Å². The van der Waals surface area contributed by atoms with E-state index in [4.69, 9.17) is 14.2 Å². The van der Waals surface area contributed by atoms with E-state index in [1.54, 1.807) is 7.11 Å². The molecule has 5 nitrogen and oxygen atoms in total. The van der Waals surface area contributed by atoms with E-state index in [-0.39, 0.29) is 12.4 Å². The molecule has 1 aromatic carbocycles. The van der Waals surface area contributed by atoms with E-state index in [1.165, 1.54) is 5.56 Å². The molecule has 0 saturated carbocycles. The smallest absolute Gasteiger partial charge is 0.316 e. The van der Waals surface area contributed by atoms with E-state index >= 15 is 0 Å². The Morgan fingerprint density at radius 3 is 2.78 bits per heavy atom. The first-order valence-corrected chi connectivity index (χ1v) is 8.08. The zero-order valence-electron chi connectivity index (χ0n) is 13.8. The molecule has 5 heteroatoms. The monoisotopic (exact) mass is 320 g/mol. The topological polar surface area (TPSA) is 61.8 Å². The summed E-state index contributed by atoms with van der Waals surface area (Å²) < 4.78 is 15.7. The van der Waals surface area contributed by atoms with E-state index in [2.05, 4.69) is 13.0 Å². The fraction of sp³-hybridized carbons (Fsp3) is 0.556. The van der Waals surface area contributed by atoms with Crippen LogP contribution in [0.2, 0.25) is 0 Å². The Morgan fingerprint density at radius 1 is 1.26 bits per heavy atom. The molecule has 1 heterocycles. The molecule has 1 fully saturated rings. The van der Waals surface area contributed by atoms with Gasteiger partial charge in [0.1, 0.15) is 18.3 Å². The van der Waals surface area contributed by atoms with Crippen molar-refractivity contribution in [3.8, 4) is 5.75 Å². The van der Waals surface area contributed by atoms with Crippen molar-refractivity contribution in [3.05, 3.63) is 29.3 Å². The van der Waals surface area contributed by atoms with Crippen LogP contribution in [0.4, 0.5) is 0 Å². The number of methoxy groups -OCH3 is 1. The Balaban J connectivity index is 2.06. The summed E-state index contributed by atoms with van der Waals surface area (Å²) in [5.41, 5.74) is 2.23. The summed E-state index contributed by atoms with van der Waals surface area (Å²) in [6.07, 6.45) is 2.32. The lowest BCUT2D eigenvalue weighted by molar-refractivity contribution is -0.158. The number of hydrogen-bond donors (Lipinski definition) is 0. The summed E-state index contributed by atoms with van der Waals surface area (Å²) in [5.74, 6) is -0.263. The fourth-order valence-electron chi connectivity index (χ4n) is 2.66. The van der Waals surface area contributed by atoms with Crippen molar-refractivity contribution >= 4 is 11.8 Å². The molecule has 1 unspecified atom stereocenters. The molecular weight excluding hydrogens is 296 g/mol. The van der Waals surface area contributed by atoms with Gasteiger partial charge in [0.2, 0.25) is 0 Å². The van der Waals surface area contributed by atoms with Gasteiger partial charge in [0.25, 0.3) is 0 Å². The molecular formula is C18H24O5. The van der Waals surface area contributed by atoms with Gasteiger partial charge >= 0.3 is 5.97 Å². The zero-order chi connectivity index (χ0) is 16.7. The van der Waals surface area contributed by atoms with Crippen LogP contribution in [0, 0.1) is 5.92 Å². The first kappa shape index (κ1) is 17.5. The summed E-state index contributed by atoms with van der Waals surface area (Å²) in [7, 11) is 1.63. The normalized spacial score (nSPS) is 17.9. The van der Waals surface area contributed by atoms with Gasteiger partial charge in [-0.25, -0.2) is 0 Å². The average Bonchev–Trinajstić information content (AvgIpc) is 2.55. The maximum Gasteiger partial charge on any atom is 0.316 e. The van der Waals surface area contributed by atoms with Crippen molar-refractivity contribution in [3.63, 3.8) is 0 Å². The molecule has 1 atom stereocenters. The average molecular weight is 320 g/mol. The fourth-order valence-corrected chi connectivity index (χ4v) is 2.66. The maximum atomic E-state index is 11.9. The number of carbonyl (C=O) groups is 2. The predicted molar refractivity (Wildman–Crippen MR) is 85.6 cm³/mol. The lowest BCUT2D eigenvalue weighted by atomic mass is 9.92. The van der Waals surface area contributed by atoms with Crippen LogP contribution in [0.15, 0.2) is 18.2 Å². The second kappa shape index (κ2) is 8.67.